The molecule has 1 aliphatic rings. The van der Waals surface area contributed by atoms with Gasteiger partial charge in [-0.15, -0.1) is 0 Å². The van der Waals surface area contributed by atoms with Crippen LogP contribution in [0.3, 0.4) is 0 Å². The number of piperidine rings is 1. The summed E-state index contributed by atoms with van der Waals surface area (Å²) in [4.78, 5) is 0. The molecule has 0 radical (unpaired) electrons. The maximum atomic E-state index is 13.6. The zero-order chi connectivity index (χ0) is 11.5. The topological polar surface area (TPSA) is 12.0 Å². The zero-order valence-corrected chi connectivity index (χ0v) is 10.5. The second-order valence-corrected chi connectivity index (χ2v) is 5.09. The van der Waals surface area contributed by atoms with Crippen molar-refractivity contribution >= 4 is 15.9 Å². The van der Waals surface area contributed by atoms with E-state index >= 15 is 0 Å². The Morgan fingerprint density at radius 1 is 1.19 bits per heavy atom. The summed E-state index contributed by atoms with van der Waals surface area (Å²) in [5.41, 5.74) is 0.493. The lowest BCUT2D eigenvalue weighted by atomic mass is 9.91. The van der Waals surface area contributed by atoms with Gasteiger partial charge in [0.2, 0.25) is 0 Å². The van der Waals surface area contributed by atoms with Gasteiger partial charge in [-0.25, -0.2) is 8.78 Å². The van der Waals surface area contributed by atoms with Crippen LogP contribution in [0.15, 0.2) is 16.6 Å². The highest BCUT2D eigenvalue weighted by Gasteiger charge is 2.18. The number of hydrogen-bond donors (Lipinski definition) is 1. The van der Waals surface area contributed by atoms with Crippen LogP contribution < -0.4 is 5.32 Å². The molecule has 1 saturated heterocycles. The summed E-state index contributed by atoms with van der Waals surface area (Å²) in [6, 6.07) is 3.25. The smallest absolute Gasteiger partial charge is 0.173 e. The van der Waals surface area contributed by atoms with Crippen LogP contribution >= 0.6 is 15.9 Å². The molecule has 0 aliphatic carbocycles. The second kappa shape index (κ2) is 5.23. The Morgan fingerprint density at radius 2 is 1.88 bits per heavy atom. The first-order valence-corrected chi connectivity index (χ1v) is 6.31. The Balaban J connectivity index is 2.11. The molecule has 1 fully saturated rings. The third-order valence-electron chi connectivity index (χ3n) is 3.08. The van der Waals surface area contributed by atoms with E-state index in [2.05, 4.69) is 21.2 Å². The quantitative estimate of drug-likeness (QED) is 0.824. The summed E-state index contributed by atoms with van der Waals surface area (Å²) >= 11 is 2.98. The van der Waals surface area contributed by atoms with Gasteiger partial charge in [-0.3, -0.25) is 0 Å². The summed E-state index contributed by atoms with van der Waals surface area (Å²) in [6.45, 7) is 1.95. The van der Waals surface area contributed by atoms with Gasteiger partial charge in [0.1, 0.15) is 0 Å². The summed E-state index contributed by atoms with van der Waals surface area (Å²) in [7, 11) is 0. The molecule has 0 aromatic heterocycles. The summed E-state index contributed by atoms with van der Waals surface area (Å²) in [5, 5.41) is 3.26. The minimum Gasteiger partial charge on any atom is -0.317 e. The molecule has 0 bridgehead atoms. The molecule has 1 aliphatic heterocycles. The average molecular weight is 290 g/mol. The minimum atomic E-state index is -0.772. The van der Waals surface area contributed by atoms with E-state index in [-0.39, 0.29) is 4.47 Å². The molecule has 0 amide bonds. The van der Waals surface area contributed by atoms with Gasteiger partial charge in [-0.1, -0.05) is 6.07 Å². The van der Waals surface area contributed by atoms with E-state index in [0.717, 1.165) is 25.9 Å². The van der Waals surface area contributed by atoms with Crippen molar-refractivity contribution < 1.29 is 8.78 Å². The van der Waals surface area contributed by atoms with E-state index in [1.54, 1.807) is 12.1 Å². The first-order valence-electron chi connectivity index (χ1n) is 5.51. The van der Waals surface area contributed by atoms with E-state index in [4.69, 9.17) is 0 Å². The number of benzene rings is 1. The van der Waals surface area contributed by atoms with Crippen LogP contribution in [0.25, 0.3) is 0 Å². The van der Waals surface area contributed by atoms with Gasteiger partial charge < -0.3 is 5.32 Å². The van der Waals surface area contributed by atoms with E-state index in [1.807, 2.05) is 0 Å². The van der Waals surface area contributed by atoms with Crippen molar-refractivity contribution in [3.8, 4) is 0 Å². The van der Waals surface area contributed by atoms with E-state index in [9.17, 15) is 8.78 Å². The maximum absolute atomic E-state index is 13.6. The van der Waals surface area contributed by atoms with Gasteiger partial charge in [0, 0.05) is 0 Å². The van der Waals surface area contributed by atoms with Gasteiger partial charge in [0.05, 0.1) is 4.47 Å². The number of hydrogen-bond acceptors (Lipinski definition) is 1. The Kier molecular flexibility index (Phi) is 3.92. The summed E-state index contributed by atoms with van der Waals surface area (Å²) < 4.78 is 27.1. The lowest BCUT2D eigenvalue weighted by molar-refractivity contribution is 0.366. The fourth-order valence-corrected chi connectivity index (χ4v) is 2.43. The minimum absolute atomic E-state index is 0.194. The van der Waals surface area contributed by atoms with Crippen LogP contribution in [0.2, 0.25) is 0 Å². The zero-order valence-electron chi connectivity index (χ0n) is 8.90. The largest absolute Gasteiger partial charge is 0.317 e. The van der Waals surface area contributed by atoms with Crippen LogP contribution in [0.5, 0.6) is 0 Å². The third kappa shape index (κ3) is 2.61. The van der Waals surface area contributed by atoms with E-state index in [1.165, 1.54) is 0 Å². The van der Waals surface area contributed by atoms with Crippen LogP contribution in [0.1, 0.15) is 18.4 Å². The third-order valence-corrected chi connectivity index (χ3v) is 3.69. The lowest BCUT2D eigenvalue weighted by Gasteiger charge is -2.22. The Morgan fingerprint density at radius 3 is 2.56 bits per heavy atom. The Hall–Kier alpha value is -0.480. The summed E-state index contributed by atoms with van der Waals surface area (Å²) in [6.07, 6.45) is 2.71. The molecule has 4 heteroatoms. The maximum Gasteiger partial charge on any atom is 0.173 e. The van der Waals surface area contributed by atoms with E-state index < -0.39 is 11.6 Å². The van der Waals surface area contributed by atoms with Crippen molar-refractivity contribution in [3.63, 3.8) is 0 Å². The molecule has 0 atom stereocenters. The summed E-state index contributed by atoms with van der Waals surface area (Å²) in [5.74, 6) is -1.00. The lowest BCUT2D eigenvalue weighted by Crippen LogP contribution is -2.28. The predicted octanol–water partition coefficient (Wildman–Crippen LogP) is 3.27. The number of rotatable bonds is 2. The SMILES string of the molecule is Fc1c(Br)ccc(CC2CCNCC2)c1F. The van der Waals surface area contributed by atoms with Crippen LogP contribution in [-0.4, -0.2) is 13.1 Å². The molecule has 1 heterocycles. The van der Waals surface area contributed by atoms with Gasteiger partial charge in [-0.2, -0.15) is 0 Å². The fraction of sp³-hybridized carbons (Fsp3) is 0.500. The van der Waals surface area contributed by atoms with Crippen LogP contribution in [0, 0.1) is 17.6 Å². The van der Waals surface area contributed by atoms with E-state index in [0.29, 0.717) is 17.9 Å². The fourth-order valence-electron chi connectivity index (χ4n) is 2.12. The van der Waals surface area contributed by atoms with Gasteiger partial charge in [0.15, 0.2) is 11.6 Å². The first-order chi connectivity index (χ1) is 7.68. The van der Waals surface area contributed by atoms with Crippen molar-refractivity contribution in [2.45, 2.75) is 19.3 Å². The first kappa shape index (κ1) is 12.0. The molecule has 88 valence electrons. The molecule has 1 aromatic carbocycles. The predicted molar refractivity (Wildman–Crippen MR) is 63.4 cm³/mol. The molecule has 0 spiro atoms. The highest BCUT2D eigenvalue weighted by Crippen LogP contribution is 2.25. The molecule has 0 unspecified atom stereocenters. The molecule has 2 rings (SSSR count). The molecule has 16 heavy (non-hydrogen) atoms. The normalized spacial score (nSPS) is 17.7. The Bertz CT molecular complexity index is 376. The molecular weight excluding hydrogens is 276 g/mol. The Labute approximate surface area is 102 Å². The molecule has 1 nitrogen and oxygen atoms in total. The number of nitrogens with one attached hydrogen (secondary N) is 1. The molecule has 0 saturated carbocycles. The standard InChI is InChI=1S/C12H14BrF2N/c13-10-2-1-9(11(14)12(10)15)7-8-3-5-16-6-4-8/h1-2,8,16H,3-7H2. The second-order valence-electron chi connectivity index (χ2n) is 4.23. The van der Waals surface area contributed by atoms with Crippen LogP contribution in [0.4, 0.5) is 8.78 Å². The highest BCUT2D eigenvalue weighted by molar-refractivity contribution is 9.10. The molecule has 1 N–H and O–H groups in total. The van der Waals surface area contributed by atoms with Crippen molar-refractivity contribution in [1.82, 2.24) is 5.32 Å². The number of halogens is 3. The van der Waals surface area contributed by atoms with Crippen LogP contribution in [-0.2, 0) is 6.42 Å². The van der Waals surface area contributed by atoms with Crippen molar-refractivity contribution in [2.75, 3.05) is 13.1 Å². The molecule has 1 aromatic rings. The highest BCUT2D eigenvalue weighted by atomic mass is 79.9. The molecular formula is C12H14BrF2N. The van der Waals surface area contributed by atoms with Crippen molar-refractivity contribution in [3.05, 3.63) is 33.8 Å². The van der Waals surface area contributed by atoms with Crippen molar-refractivity contribution in [2.24, 2.45) is 5.92 Å². The van der Waals surface area contributed by atoms with Gasteiger partial charge in [0.25, 0.3) is 0 Å². The van der Waals surface area contributed by atoms with Gasteiger partial charge >= 0.3 is 0 Å². The average Bonchev–Trinajstić information content (AvgIpc) is 2.31. The van der Waals surface area contributed by atoms with Crippen molar-refractivity contribution in [1.29, 1.82) is 0 Å². The monoisotopic (exact) mass is 289 g/mol. The van der Waals surface area contributed by atoms with Gasteiger partial charge in [-0.05, 0) is 65.8 Å².